The van der Waals surface area contributed by atoms with Crippen molar-refractivity contribution in [2.45, 2.75) is 32.1 Å². The number of carboxylic acid groups (broad SMARTS) is 1. The van der Waals surface area contributed by atoms with E-state index in [2.05, 4.69) is 0 Å². The molecule has 0 aromatic rings. The lowest BCUT2D eigenvalue weighted by Gasteiger charge is -2.57. The van der Waals surface area contributed by atoms with E-state index >= 15 is 0 Å². The highest BCUT2D eigenvalue weighted by atomic mass is 16.4. The molecule has 3 fully saturated rings. The third kappa shape index (κ3) is 1.02. The van der Waals surface area contributed by atoms with Gasteiger partial charge in [0, 0.05) is 0 Å². The van der Waals surface area contributed by atoms with Crippen LogP contribution in [0.25, 0.3) is 0 Å². The number of aliphatic carboxylic acids is 1. The second-order valence-corrected chi connectivity index (χ2v) is 5.71. The van der Waals surface area contributed by atoms with Gasteiger partial charge in [-0.3, -0.25) is 4.79 Å². The first-order valence-corrected chi connectivity index (χ1v) is 6.11. The molecule has 0 radical (unpaired) electrons. The van der Waals surface area contributed by atoms with Crippen molar-refractivity contribution in [3.05, 3.63) is 0 Å². The molecule has 0 bridgehead atoms. The average molecular weight is 209 g/mol. The summed E-state index contributed by atoms with van der Waals surface area (Å²) >= 11 is 0. The van der Waals surface area contributed by atoms with E-state index in [0.29, 0.717) is 24.8 Å². The summed E-state index contributed by atoms with van der Waals surface area (Å²) in [5.74, 6) is 2.36. The fourth-order valence-electron chi connectivity index (χ4n) is 5.06. The van der Waals surface area contributed by atoms with E-state index in [-0.39, 0.29) is 5.41 Å². The summed E-state index contributed by atoms with van der Waals surface area (Å²) in [4.78, 5) is 11.0. The second kappa shape index (κ2) is 2.97. The van der Waals surface area contributed by atoms with Crippen LogP contribution in [-0.4, -0.2) is 17.6 Å². The van der Waals surface area contributed by atoms with Crippen LogP contribution >= 0.6 is 0 Å². The molecule has 5 atom stereocenters. The lowest BCUT2D eigenvalue weighted by atomic mass is 9.47. The predicted octanol–water partition coefficient (Wildman–Crippen LogP) is 1.47. The molecule has 3 heteroatoms. The fraction of sp³-hybridized carbons (Fsp3) is 0.917. The normalized spacial score (nSPS) is 51.3. The average Bonchev–Trinajstić information content (AvgIpc) is 2.67. The Balaban J connectivity index is 1.88. The summed E-state index contributed by atoms with van der Waals surface area (Å²) in [6, 6.07) is 0. The largest absolute Gasteiger partial charge is 0.481 e. The van der Waals surface area contributed by atoms with Crippen molar-refractivity contribution in [1.82, 2.24) is 0 Å². The van der Waals surface area contributed by atoms with Gasteiger partial charge >= 0.3 is 5.97 Å². The molecule has 84 valence electrons. The SMILES string of the molecule is NC[C@]1(CC(=O)O)[C@@H]2CC[C@@H]3CC[C@H]1C32. The Morgan fingerprint density at radius 2 is 1.87 bits per heavy atom. The zero-order valence-electron chi connectivity index (χ0n) is 8.98. The Morgan fingerprint density at radius 3 is 2.33 bits per heavy atom. The molecule has 3 nitrogen and oxygen atoms in total. The minimum absolute atomic E-state index is 0.0260. The highest BCUT2D eigenvalue weighted by Crippen LogP contribution is 2.71. The van der Waals surface area contributed by atoms with Crippen molar-refractivity contribution in [2.24, 2.45) is 34.8 Å². The van der Waals surface area contributed by atoms with E-state index in [4.69, 9.17) is 10.8 Å². The third-order valence-corrected chi connectivity index (χ3v) is 5.51. The van der Waals surface area contributed by atoms with Gasteiger partial charge in [-0.2, -0.15) is 0 Å². The summed E-state index contributed by atoms with van der Waals surface area (Å²) in [5, 5.41) is 9.04. The molecule has 3 N–H and O–H groups in total. The van der Waals surface area contributed by atoms with Gasteiger partial charge in [0.15, 0.2) is 0 Å². The monoisotopic (exact) mass is 209 g/mol. The van der Waals surface area contributed by atoms with Gasteiger partial charge < -0.3 is 10.8 Å². The van der Waals surface area contributed by atoms with E-state index in [0.717, 1.165) is 11.8 Å². The molecule has 0 amide bonds. The summed E-state index contributed by atoms with van der Waals surface area (Å²) in [6.07, 6.45) is 5.43. The molecule has 3 rings (SSSR count). The number of hydrogen-bond acceptors (Lipinski definition) is 2. The Labute approximate surface area is 90.0 Å². The van der Waals surface area contributed by atoms with Crippen molar-refractivity contribution in [3.8, 4) is 0 Å². The van der Waals surface area contributed by atoms with E-state index in [1.54, 1.807) is 0 Å². The van der Waals surface area contributed by atoms with Gasteiger partial charge in [0.05, 0.1) is 6.42 Å². The van der Waals surface area contributed by atoms with Crippen molar-refractivity contribution in [3.63, 3.8) is 0 Å². The maximum Gasteiger partial charge on any atom is 0.303 e. The maximum absolute atomic E-state index is 11.0. The maximum atomic E-state index is 11.0. The van der Waals surface area contributed by atoms with Crippen LogP contribution < -0.4 is 5.73 Å². The highest BCUT2D eigenvalue weighted by molar-refractivity contribution is 5.68. The first-order chi connectivity index (χ1) is 7.19. The minimum atomic E-state index is -0.658. The quantitative estimate of drug-likeness (QED) is 0.740. The van der Waals surface area contributed by atoms with Gasteiger partial charge in [-0.05, 0) is 61.3 Å². The number of carboxylic acids is 1. The third-order valence-electron chi connectivity index (χ3n) is 5.51. The van der Waals surface area contributed by atoms with Crippen LogP contribution in [0.1, 0.15) is 32.1 Å². The number of hydrogen-bond donors (Lipinski definition) is 2. The van der Waals surface area contributed by atoms with Gasteiger partial charge in [0.1, 0.15) is 0 Å². The molecule has 0 aromatic carbocycles. The molecule has 1 unspecified atom stereocenters. The molecule has 15 heavy (non-hydrogen) atoms. The topological polar surface area (TPSA) is 63.3 Å². The van der Waals surface area contributed by atoms with E-state index in [1.165, 1.54) is 25.7 Å². The molecular formula is C12H19NO2. The molecule has 3 aliphatic carbocycles. The number of nitrogens with two attached hydrogens (primary N) is 1. The van der Waals surface area contributed by atoms with Crippen LogP contribution in [-0.2, 0) is 4.79 Å². The fourth-order valence-corrected chi connectivity index (χ4v) is 5.06. The van der Waals surface area contributed by atoms with Crippen molar-refractivity contribution in [1.29, 1.82) is 0 Å². The molecule has 0 spiro atoms. The van der Waals surface area contributed by atoms with Gasteiger partial charge in [-0.1, -0.05) is 0 Å². The summed E-state index contributed by atoms with van der Waals surface area (Å²) in [6.45, 7) is 0.581. The standard InChI is InChI=1S/C12H19NO2/c13-6-12(5-10(14)15)8-3-1-7-2-4-9(12)11(7)8/h7-9,11H,1-6,13H2,(H,14,15)/t7-,8-,9+,11?,12-. The summed E-state index contributed by atoms with van der Waals surface area (Å²) < 4.78 is 0. The van der Waals surface area contributed by atoms with Gasteiger partial charge in [0.25, 0.3) is 0 Å². The van der Waals surface area contributed by atoms with Gasteiger partial charge in [-0.15, -0.1) is 0 Å². The van der Waals surface area contributed by atoms with Crippen LogP contribution in [0.15, 0.2) is 0 Å². The van der Waals surface area contributed by atoms with Crippen LogP contribution in [0.5, 0.6) is 0 Å². The minimum Gasteiger partial charge on any atom is -0.481 e. The lowest BCUT2D eigenvalue weighted by Crippen LogP contribution is -2.58. The molecule has 3 aliphatic rings. The van der Waals surface area contributed by atoms with Crippen LogP contribution in [0, 0.1) is 29.1 Å². The van der Waals surface area contributed by atoms with Crippen LogP contribution in [0.4, 0.5) is 0 Å². The molecule has 0 aliphatic heterocycles. The van der Waals surface area contributed by atoms with E-state index < -0.39 is 5.97 Å². The highest BCUT2D eigenvalue weighted by Gasteiger charge is 2.67. The molecular weight excluding hydrogens is 190 g/mol. The zero-order valence-corrected chi connectivity index (χ0v) is 8.98. The van der Waals surface area contributed by atoms with Crippen molar-refractivity contribution < 1.29 is 9.90 Å². The zero-order chi connectivity index (χ0) is 10.6. The Bertz CT molecular complexity index is 286. The Kier molecular flexibility index (Phi) is 1.91. The van der Waals surface area contributed by atoms with Crippen molar-refractivity contribution in [2.75, 3.05) is 6.54 Å². The van der Waals surface area contributed by atoms with E-state index in [1.807, 2.05) is 0 Å². The first-order valence-electron chi connectivity index (χ1n) is 6.11. The number of rotatable bonds is 3. The Morgan fingerprint density at radius 1 is 1.27 bits per heavy atom. The second-order valence-electron chi connectivity index (χ2n) is 5.71. The molecule has 0 heterocycles. The molecule has 0 aromatic heterocycles. The van der Waals surface area contributed by atoms with Gasteiger partial charge in [-0.25, -0.2) is 0 Å². The van der Waals surface area contributed by atoms with Crippen molar-refractivity contribution >= 4 is 5.97 Å². The number of carbonyl (C=O) groups is 1. The first kappa shape index (κ1) is 9.64. The lowest BCUT2D eigenvalue weighted by molar-refractivity contribution is -0.153. The van der Waals surface area contributed by atoms with Crippen LogP contribution in [0.3, 0.4) is 0 Å². The van der Waals surface area contributed by atoms with Gasteiger partial charge in [0.2, 0.25) is 0 Å². The summed E-state index contributed by atoms with van der Waals surface area (Å²) in [5.41, 5.74) is 5.87. The Hall–Kier alpha value is -0.570. The smallest absolute Gasteiger partial charge is 0.303 e. The summed E-state index contributed by atoms with van der Waals surface area (Å²) in [7, 11) is 0. The molecule has 3 saturated carbocycles. The van der Waals surface area contributed by atoms with Crippen LogP contribution in [0.2, 0.25) is 0 Å². The van der Waals surface area contributed by atoms with E-state index in [9.17, 15) is 4.79 Å². The predicted molar refractivity (Wildman–Crippen MR) is 56.2 cm³/mol. The molecule has 0 saturated heterocycles.